The van der Waals surface area contributed by atoms with Gasteiger partial charge < -0.3 is 15.2 Å². The molecule has 0 spiro atoms. The number of carbonyl (C=O) groups excluding carboxylic acids is 1. The van der Waals surface area contributed by atoms with E-state index in [4.69, 9.17) is 0 Å². The number of amides is 1. The van der Waals surface area contributed by atoms with Crippen molar-refractivity contribution in [2.45, 2.75) is 64.8 Å². The average molecular weight is 406 g/mol. The van der Waals surface area contributed by atoms with Gasteiger partial charge in [0, 0.05) is 32.4 Å². The Labute approximate surface area is 169 Å². The molecule has 0 bridgehead atoms. The zero-order valence-corrected chi connectivity index (χ0v) is 17.3. The fourth-order valence-corrected chi connectivity index (χ4v) is 3.99. The lowest BCUT2D eigenvalue weighted by atomic mass is 9.84. The molecule has 150 valence electrons. The molecular weight excluding hydrogens is 373 g/mol. The Hall–Kier alpha value is -0.850. The topological polar surface area (TPSA) is 71.8 Å². The van der Waals surface area contributed by atoms with E-state index in [-0.39, 0.29) is 30.7 Å². The second-order valence-electron chi connectivity index (χ2n) is 7.36. The van der Waals surface area contributed by atoms with Gasteiger partial charge in [-0.2, -0.15) is 0 Å². The zero-order valence-electron chi connectivity index (χ0n) is 15.7. The van der Waals surface area contributed by atoms with Crippen LogP contribution in [0.1, 0.15) is 57.1 Å². The van der Waals surface area contributed by atoms with E-state index in [0.29, 0.717) is 24.8 Å². The number of nitrogens with zero attached hydrogens (tertiary/aromatic N) is 3. The maximum absolute atomic E-state index is 12.2. The molecule has 2 aliphatic rings. The first-order valence-electron chi connectivity index (χ1n) is 9.62. The first kappa shape index (κ1) is 23.2. The average Bonchev–Trinajstić information content (AvgIpc) is 2.82. The Morgan fingerprint density at radius 2 is 2.00 bits per heavy atom. The standard InChI is InChI=1S/C18H31N5O.2ClH/c1-14(15-6-9-19-10-7-15)13-18(24)20-11-8-17-22-21-16-5-3-2-4-12-23(16)17;;/h14-15,19H,2-13H2,1H3,(H,20,24);2*1H. The number of piperidine rings is 1. The number of hydrogen-bond acceptors (Lipinski definition) is 4. The summed E-state index contributed by atoms with van der Waals surface area (Å²) in [5.74, 6) is 3.48. The number of carbonyl (C=O) groups is 1. The highest BCUT2D eigenvalue weighted by Gasteiger charge is 2.22. The van der Waals surface area contributed by atoms with Crippen LogP contribution in [-0.2, 0) is 24.2 Å². The van der Waals surface area contributed by atoms with Gasteiger partial charge in [-0.05, 0) is 50.6 Å². The molecule has 1 fully saturated rings. The lowest BCUT2D eigenvalue weighted by Gasteiger charge is -2.27. The van der Waals surface area contributed by atoms with Crippen molar-refractivity contribution in [1.82, 2.24) is 25.4 Å². The number of hydrogen-bond donors (Lipinski definition) is 2. The first-order chi connectivity index (χ1) is 11.7. The second kappa shape index (κ2) is 11.8. The Kier molecular flexibility index (Phi) is 10.5. The van der Waals surface area contributed by atoms with Crippen molar-refractivity contribution >= 4 is 30.7 Å². The number of halogens is 2. The minimum atomic E-state index is 0. The number of aryl methyl sites for hydroxylation is 1. The Bertz CT molecular complexity index is 546. The van der Waals surface area contributed by atoms with E-state index in [0.717, 1.165) is 44.1 Å². The molecule has 1 unspecified atom stereocenters. The van der Waals surface area contributed by atoms with Crippen molar-refractivity contribution in [2.75, 3.05) is 19.6 Å². The van der Waals surface area contributed by atoms with Crippen LogP contribution in [0.3, 0.4) is 0 Å². The molecule has 3 heterocycles. The molecule has 0 saturated carbocycles. The van der Waals surface area contributed by atoms with Crippen LogP contribution in [0.25, 0.3) is 0 Å². The molecule has 3 rings (SSSR count). The van der Waals surface area contributed by atoms with E-state index in [9.17, 15) is 4.79 Å². The van der Waals surface area contributed by atoms with Crippen LogP contribution in [0.5, 0.6) is 0 Å². The fraction of sp³-hybridized carbons (Fsp3) is 0.833. The van der Waals surface area contributed by atoms with E-state index in [1.807, 2.05) is 0 Å². The summed E-state index contributed by atoms with van der Waals surface area (Å²) in [6.45, 7) is 6.09. The van der Waals surface area contributed by atoms with Crippen molar-refractivity contribution in [3.8, 4) is 0 Å². The van der Waals surface area contributed by atoms with Crippen molar-refractivity contribution in [1.29, 1.82) is 0 Å². The normalized spacial score (nSPS) is 18.7. The number of aromatic nitrogens is 3. The van der Waals surface area contributed by atoms with Gasteiger partial charge in [0.1, 0.15) is 11.6 Å². The van der Waals surface area contributed by atoms with Gasteiger partial charge in [0.2, 0.25) is 5.91 Å². The molecule has 1 saturated heterocycles. The molecule has 2 N–H and O–H groups in total. The molecule has 1 aromatic rings. The van der Waals surface area contributed by atoms with Gasteiger partial charge in [0.05, 0.1) is 0 Å². The third kappa shape index (κ3) is 6.39. The highest BCUT2D eigenvalue weighted by molar-refractivity contribution is 5.85. The van der Waals surface area contributed by atoms with Gasteiger partial charge in [-0.3, -0.25) is 4.79 Å². The molecular formula is C18H33Cl2N5O. The molecule has 1 atom stereocenters. The van der Waals surface area contributed by atoms with E-state index in [2.05, 4.69) is 32.3 Å². The summed E-state index contributed by atoms with van der Waals surface area (Å²) in [4.78, 5) is 12.2. The fourth-order valence-electron chi connectivity index (χ4n) is 3.99. The van der Waals surface area contributed by atoms with E-state index in [1.165, 1.54) is 32.1 Å². The van der Waals surface area contributed by atoms with Crippen molar-refractivity contribution in [3.63, 3.8) is 0 Å². The van der Waals surface area contributed by atoms with Crippen LogP contribution in [0.15, 0.2) is 0 Å². The Morgan fingerprint density at radius 1 is 1.23 bits per heavy atom. The molecule has 1 amide bonds. The molecule has 1 aromatic heterocycles. The highest BCUT2D eigenvalue weighted by Crippen LogP contribution is 2.24. The van der Waals surface area contributed by atoms with E-state index < -0.39 is 0 Å². The van der Waals surface area contributed by atoms with Gasteiger partial charge >= 0.3 is 0 Å². The molecule has 2 aliphatic heterocycles. The maximum Gasteiger partial charge on any atom is 0.220 e. The first-order valence-corrected chi connectivity index (χ1v) is 9.62. The Balaban J connectivity index is 0.00000169. The van der Waals surface area contributed by atoms with Crippen molar-refractivity contribution in [3.05, 3.63) is 11.6 Å². The van der Waals surface area contributed by atoms with Crippen LogP contribution < -0.4 is 10.6 Å². The summed E-state index contributed by atoms with van der Waals surface area (Å²) >= 11 is 0. The third-order valence-corrected chi connectivity index (χ3v) is 5.55. The predicted octanol–water partition coefficient (Wildman–Crippen LogP) is 2.53. The lowest BCUT2D eigenvalue weighted by molar-refractivity contribution is -0.122. The number of rotatable bonds is 6. The van der Waals surface area contributed by atoms with Gasteiger partial charge in [0.25, 0.3) is 0 Å². The van der Waals surface area contributed by atoms with Gasteiger partial charge in [0.15, 0.2) is 0 Å². The minimum absolute atomic E-state index is 0. The molecule has 0 aromatic carbocycles. The molecule has 6 nitrogen and oxygen atoms in total. The quantitative estimate of drug-likeness (QED) is 0.762. The van der Waals surface area contributed by atoms with Crippen LogP contribution in [0.2, 0.25) is 0 Å². The summed E-state index contributed by atoms with van der Waals surface area (Å²) < 4.78 is 2.26. The third-order valence-electron chi connectivity index (χ3n) is 5.55. The molecule has 26 heavy (non-hydrogen) atoms. The van der Waals surface area contributed by atoms with E-state index >= 15 is 0 Å². The van der Waals surface area contributed by atoms with Crippen molar-refractivity contribution < 1.29 is 4.79 Å². The molecule has 8 heteroatoms. The summed E-state index contributed by atoms with van der Waals surface area (Å²) in [6.07, 6.45) is 8.53. The van der Waals surface area contributed by atoms with Crippen LogP contribution in [-0.4, -0.2) is 40.3 Å². The molecule has 0 aliphatic carbocycles. The smallest absolute Gasteiger partial charge is 0.220 e. The molecule has 0 radical (unpaired) electrons. The Morgan fingerprint density at radius 3 is 2.77 bits per heavy atom. The van der Waals surface area contributed by atoms with Crippen LogP contribution >= 0.6 is 24.8 Å². The maximum atomic E-state index is 12.2. The summed E-state index contributed by atoms with van der Waals surface area (Å²) in [5, 5.41) is 15.1. The number of fused-ring (bicyclic) bond motifs is 1. The van der Waals surface area contributed by atoms with Gasteiger partial charge in [-0.1, -0.05) is 13.3 Å². The largest absolute Gasteiger partial charge is 0.356 e. The second-order valence-corrected chi connectivity index (χ2v) is 7.36. The SMILES string of the molecule is CC(CC(=O)NCCc1nnc2n1CCCCC2)C1CCNCC1.Cl.Cl. The van der Waals surface area contributed by atoms with Gasteiger partial charge in [-0.25, -0.2) is 0 Å². The van der Waals surface area contributed by atoms with Gasteiger partial charge in [-0.15, -0.1) is 35.0 Å². The lowest BCUT2D eigenvalue weighted by Crippen LogP contribution is -2.34. The van der Waals surface area contributed by atoms with Crippen molar-refractivity contribution in [2.24, 2.45) is 11.8 Å². The van der Waals surface area contributed by atoms with Crippen LogP contribution in [0, 0.1) is 11.8 Å². The summed E-state index contributed by atoms with van der Waals surface area (Å²) in [6, 6.07) is 0. The summed E-state index contributed by atoms with van der Waals surface area (Å²) in [7, 11) is 0. The zero-order chi connectivity index (χ0) is 16.8. The van der Waals surface area contributed by atoms with Crippen LogP contribution in [0.4, 0.5) is 0 Å². The number of nitrogens with one attached hydrogen (secondary N) is 2. The summed E-state index contributed by atoms with van der Waals surface area (Å²) in [5.41, 5.74) is 0. The monoisotopic (exact) mass is 405 g/mol. The predicted molar refractivity (Wildman–Crippen MR) is 108 cm³/mol. The minimum Gasteiger partial charge on any atom is -0.356 e. The van der Waals surface area contributed by atoms with E-state index in [1.54, 1.807) is 0 Å². The highest BCUT2D eigenvalue weighted by atomic mass is 35.5.